The summed E-state index contributed by atoms with van der Waals surface area (Å²) in [6.45, 7) is 4.62. The highest BCUT2D eigenvalue weighted by Gasteiger charge is 2.27. The third kappa shape index (κ3) is 4.41. The molecule has 2 heterocycles. The molecule has 3 aromatic rings. The molecule has 0 fully saturated rings. The molecule has 1 N–H and O–H groups in total. The van der Waals surface area contributed by atoms with Gasteiger partial charge in [0.15, 0.2) is 0 Å². The quantitative estimate of drug-likeness (QED) is 0.415. The van der Waals surface area contributed by atoms with E-state index in [2.05, 4.69) is 9.71 Å². The van der Waals surface area contributed by atoms with Crippen LogP contribution in [0, 0.1) is 10.1 Å². The van der Waals surface area contributed by atoms with Crippen molar-refractivity contribution in [2.75, 3.05) is 17.8 Å². The molecule has 0 saturated carbocycles. The van der Waals surface area contributed by atoms with Crippen molar-refractivity contribution in [2.45, 2.75) is 19.6 Å². The van der Waals surface area contributed by atoms with E-state index in [-0.39, 0.29) is 27.7 Å². The van der Waals surface area contributed by atoms with Gasteiger partial charge in [0, 0.05) is 36.3 Å². The predicted molar refractivity (Wildman–Crippen MR) is 116 cm³/mol. The van der Waals surface area contributed by atoms with Crippen LogP contribution in [0.2, 0.25) is 0 Å². The number of carbonyl (C=O) groups is 1. The molecular weight excluding hydrogens is 428 g/mol. The number of para-hydroxylation sites is 1. The second-order valence-corrected chi connectivity index (χ2v) is 9.11. The number of thiophene rings is 1. The molecule has 0 aliphatic carbocycles. The number of nitro groups is 1. The maximum atomic E-state index is 13.0. The zero-order chi connectivity index (χ0) is 21.9. The van der Waals surface area contributed by atoms with E-state index in [4.69, 9.17) is 0 Å². The number of nitrogens with one attached hydrogen (secondary N) is 1. The normalized spacial score (nSPS) is 11.4. The average Bonchev–Trinajstić information content (AvgIpc) is 3.06. The summed E-state index contributed by atoms with van der Waals surface area (Å²) in [7, 11) is -4.05. The lowest BCUT2D eigenvalue weighted by atomic mass is 10.2. The Morgan fingerprint density at radius 2 is 1.90 bits per heavy atom. The lowest BCUT2D eigenvalue weighted by Crippen LogP contribution is -2.30. The number of nitrogens with zero attached hydrogens (tertiary/aromatic N) is 3. The van der Waals surface area contributed by atoms with Crippen LogP contribution in [0.5, 0.6) is 0 Å². The molecule has 1 aromatic carbocycles. The highest BCUT2D eigenvalue weighted by molar-refractivity contribution is 7.92. The summed E-state index contributed by atoms with van der Waals surface area (Å²) in [5, 5.41) is 11.7. The van der Waals surface area contributed by atoms with Gasteiger partial charge >= 0.3 is 0 Å². The van der Waals surface area contributed by atoms with E-state index in [1.807, 2.05) is 13.8 Å². The van der Waals surface area contributed by atoms with Crippen molar-refractivity contribution >= 4 is 48.9 Å². The Balaban J connectivity index is 2.03. The molecule has 0 radical (unpaired) electrons. The van der Waals surface area contributed by atoms with Gasteiger partial charge in [0.25, 0.3) is 11.6 Å². The molecule has 9 nitrogen and oxygen atoms in total. The number of hydrogen-bond donors (Lipinski definition) is 1. The van der Waals surface area contributed by atoms with Crippen LogP contribution in [-0.4, -0.2) is 42.2 Å². The van der Waals surface area contributed by atoms with E-state index in [0.29, 0.717) is 23.3 Å². The molecule has 11 heteroatoms. The molecule has 2 aromatic heterocycles. The fourth-order valence-electron chi connectivity index (χ4n) is 3.05. The zero-order valence-electron chi connectivity index (χ0n) is 16.4. The Hall–Kier alpha value is -3.05. The van der Waals surface area contributed by atoms with E-state index in [0.717, 1.165) is 11.3 Å². The highest BCUT2D eigenvalue weighted by Crippen LogP contribution is 2.36. The van der Waals surface area contributed by atoms with Gasteiger partial charge in [-0.05, 0) is 26.0 Å². The molecule has 0 aliphatic rings. The number of sulfonamides is 1. The third-order valence-corrected chi connectivity index (χ3v) is 6.81. The van der Waals surface area contributed by atoms with Crippen LogP contribution >= 0.6 is 11.3 Å². The van der Waals surface area contributed by atoms with Crippen LogP contribution in [-0.2, 0) is 15.8 Å². The minimum atomic E-state index is -4.05. The molecule has 0 unspecified atom stereocenters. The lowest BCUT2D eigenvalue weighted by Gasteiger charge is -2.18. The second-order valence-electron chi connectivity index (χ2n) is 6.39. The van der Waals surface area contributed by atoms with Crippen molar-refractivity contribution in [3.05, 3.63) is 63.1 Å². The largest absolute Gasteiger partial charge is 0.338 e. The van der Waals surface area contributed by atoms with Crippen LogP contribution in [0.15, 0.2) is 42.6 Å². The summed E-state index contributed by atoms with van der Waals surface area (Å²) in [6, 6.07) is 9.00. The first-order chi connectivity index (χ1) is 14.3. The highest BCUT2D eigenvalue weighted by atomic mass is 32.2. The second kappa shape index (κ2) is 8.76. The molecule has 30 heavy (non-hydrogen) atoms. The Kier molecular flexibility index (Phi) is 6.32. The molecule has 1 amide bonds. The molecule has 0 bridgehead atoms. The van der Waals surface area contributed by atoms with E-state index < -0.39 is 20.7 Å². The Morgan fingerprint density at radius 3 is 2.57 bits per heavy atom. The number of hydrogen-bond acceptors (Lipinski definition) is 7. The zero-order valence-corrected chi connectivity index (χ0v) is 18.0. The standard InChI is InChI=1S/C19H20N4O5S2/c1-3-22(4-2)19(24)17-16(14-9-7-11-20-18(14)29-17)21-30(27,28)12-13-8-5-6-10-15(13)23(25)26/h5-11,21H,3-4,12H2,1-2H3. The van der Waals surface area contributed by atoms with Gasteiger partial charge in [-0.2, -0.15) is 0 Å². The number of benzene rings is 1. The Morgan fingerprint density at radius 1 is 1.20 bits per heavy atom. The molecule has 3 rings (SSSR count). The van der Waals surface area contributed by atoms with Crippen molar-refractivity contribution < 1.29 is 18.1 Å². The number of anilines is 1. The SMILES string of the molecule is CCN(CC)C(=O)c1sc2ncccc2c1NS(=O)(=O)Cc1ccccc1[N+](=O)[O-]. The summed E-state index contributed by atoms with van der Waals surface area (Å²) in [5.74, 6) is -0.896. The van der Waals surface area contributed by atoms with Crippen molar-refractivity contribution in [1.29, 1.82) is 0 Å². The van der Waals surface area contributed by atoms with Gasteiger partial charge in [-0.1, -0.05) is 18.2 Å². The number of pyridine rings is 1. The molecule has 0 atom stereocenters. The van der Waals surface area contributed by atoms with Crippen LogP contribution in [0.4, 0.5) is 11.4 Å². The number of rotatable bonds is 8. The van der Waals surface area contributed by atoms with Crippen molar-refractivity contribution in [2.24, 2.45) is 0 Å². The van der Waals surface area contributed by atoms with Gasteiger partial charge in [0.05, 0.1) is 10.6 Å². The predicted octanol–water partition coefficient (Wildman–Crippen LogP) is 3.63. The smallest absolute Gasteiger partial charge is 0.273 e. The van der Waals surface area contributed by atoms with Gasteiger partial charge in [-0.25, -0.2) is 13.4 Å². The van der Waals surface area contributed by atoms with Crippen LogP contribution in [0.1, 0.15) is 29.1 Å². The summed E-state index contributed by atoms with van der Waals surface area (Å²) >= 11 is 1.11. The monoisotopic (exact) mass is 448 g/mol. The number of aromatic nitrogens is 1. The number of amides is 1. The van der Waals surface area contributed by atoms with Gasteiger partial charge in [0.2, 0.25) is 10.0 Å². The number of fused-ring (bicyclic) bond motifs is 1. The van der Waals surface area contributed by atoms with Crippen LogP contribution < -0.4 is 4.72 Å². The van der Waals surface area contributed by atoms with Gasteiger partial charge in [0.1, 0.15) is 15.5 Å². The van der Waals surface area contributed by atoms with E-state index in [1.165, 1.54) is 24.3 Å². The first-order valence-electron chi connectivity index (χ1n) is 9.17. The average molecular weight is 449 g/mol. The number of carbonyl (C=O) groups excluding carboxylic acids is 1. The topological polar surface area (TPSA) is 123 Å². The maximum absolute atomic E-state index is 13.0. The van der Waals surface area contributed by atoms with Gasteiger partial charge < -0.3 is 4.90 Å². The van der Waals surface area contributed by atoms with E-state index in [9.17, 15) is 23.3 Å². The lowest BCUT2D eigenvalue weighted by molar-refractivity contribution is -0.385. The summed E-state index contributed by atoms with van der Waals surface area (Å²) in [6.07, 6.45) is 1.57. The van der Waals surface area contributed by atoms with Gasteiger partial charge in [-0.15, -0.1) is 11.3 Å². The molecule has 0 spiro atoms. The van der Waals surface area contributed by atoms with Crippen LogP contribution in [0.25, 0.3) is 10.2 Å². The van der Waals surface area contributed by atoms with Crippen molar-refractivity contribution in [3.8, 4) is 0 Å². The molecule has 158 valence electrons. The minimum Gasteiger partial charge on any atom is -0.338 e. The Labute approximate surface area is 177 Å². The summed E-state index contributed by atoms with van der Waals surface area (Å²) < 4.78 is 28.3. The van der Waals surface area contributed by atoms with Gasteiger partial charge in [-0.3, -0.25) is 19.6 Å². The van der Waals surface area contributed by atoms with Crippen LogP contribution in [0.3, 0.4) is 0 Å². The van der Waals surface area contributed by atoms with E-state index >= 15 is 0 Å². The maximum Gasteiger partial charge on any atom is 0.273 e. The molecular formula is C19H20N4O5S2. The van der Waals surface area contributed by atoms with E-state index in [1.54, 1.807) is 23.2 Å². The first kappa shape index (κ1) is 21.7. The Bertz CT molecular complexity index is 1200. The minimum absolute atomic E-state index is 0.0595. The molecule has 0 saturated heterocycles. The first-order valence-corrected chi connectivity index (χ1v) is 11.6. The molecule has 0 aliphatic heterocycles. The number of nitro benzene ring substituents is 1. The fraction of sp³-hybridized carbons (Fsp3) is 0.263. The third-order valence-electron chi connectivity index (χ3n) is 4.50. The summed E-state index contributed by atoms with van der Waals surface area (Å²) in [4.78, 5) is 30.1. The van der Waals surface area contributed by atoms with Crippen molar-refractivity contribution in [1.82, 2.24) is 9.88 Å². The fourth-order valence-corrected chi connectivity index (χ4v) is 5.43. The van der Waals surface area contributed by atoms with Crippen molar-refractivity contribution in [3.63, 3.8) is 0 Å². The summed E-state index contributed by atoms with van der Waals surface area (Å²) in [5.41, 5.74) is -0.0676.